The van der Waals surface area contributed by atoms with E-state index in [1.165, 1.54) is 24.8 Å². The highest BCUT2D eigenvalue weighted by atomic mass is 79.9. The van der Waals surface area contributed by atoms with E-state index in [0.29, 0.717) is 4.83 Å². The van der Waals surface area contributed by atoms with Crippen LogP contribution in [0, 0.1) is 0 Å². The lowest BCUT2D eigenvalue weighted by Gasteiger charge is -2.21. The van der Waals surface area contributed by atoms with Gasteiger partial charge in [-0.3, -0.25) is 0 Å². The summed E-state index contributed by atoms with van der Waals surface area (Å²) in [5, 5.41) is 0. The summed E-state index contributed by atoms with van der Waals surface area (Å²) in [6, 6.07) is 0. The summed E-state index contributed by atoms with van der Waals surface area (Å²) in [5.41, 5.74) is 8.43. The molecule has 1 saturated carbocycles. The maximum absolute atomic E-state index is 5.87. The Balaban J connectivity index is 2.52. The largest absolute Gasteiger partial charge is 0.401 e. The Bertz CT molecular complexity index is 145. The fourth-order valence-corrected chi connectivity index (χ4v) is 1.41. The van der Waals surface area contributed by atoms with Crippen molar-refractivity contribution in [1.82, 2.24) is 0 Å². The van der Waals surface area contributed by atoms with Crippen LogP contribution in [-0.4, -0.2) is 4.83 Å². The highest BCUT2D eigenvalue weighted by molar-refractivity contribution is 9.09. The fourth-order valence-electron chi connectivity index (χ4n) is 1.08. The summed E-state index contributed by atoms with van der Waals surface area (Å²) < 4.78 is 0. The molecule has 1 aliphatic rings. The predicted octanol–water partition coefficient (Wildman–Crippen LogP) is 2.56. The molecule has 0 aromatic carbocycles. The van der Waals surface area contributed by atoms with Gasteiger partial charge in [-0.1, -0.05) is 28.4 Å². The molecule has 0 radical (unpaired) electrons. The summed E-state index contributed by atoms with van der Waals surface area (Å²) in [5.74, 6) is 0. The SMILES string of the molecule is CCC(Br)C(N)=C1CCC1. The summed E-state index contributed by atoms with van der Waals surface area (Å²) in [7, 11) is 0. The van der Waals surface area contributed by atoms with Crippen LogP contribution in [0.15, 0.2) is 11.3 Å². The van der Waals surface area contributed by atoms with Crippen molar-refractivity contribution >= 4 is 15.9 Å². The van der Waals surface area contributed by atoms with Gasteiger partial charge >= 0.3 is 0 Å². The van der Waals surface area contributed by atoms with Gasteiger partial charge < -0.3 is 5.73 Å². The normalized spacial score (nSPS) is 20.0. The molecule has 1 unspecified atom stereocenters. The van der Waals surface area contributed by atoms with Crippen molar-refractivity contribution < 1.29 is 0 Å². The topological polar surface area (TPSA) is 26.0 Å². The van der Waals surface area contributed by atoms with Crippen molar-refractivity contribution in [3.05, 3.63) is 11.3 Å². The average Bonchev–Trinajstić information content (AvgIpc) is 1.82. The van der Waals surface area contributed by atoms with Crippen molar-refractivity contribution in [1.29, 1.82) is 0 Å². The second-order valence-corrected chi connectivity index (χ2v) is 3.89. The van der Waals surface area contributed by atoms with E-state index in [4.69, 9.17) is 5.73 Å². The number of rotatable bonds is 2. The zero-order valence-corrected chi connectivity index (χ0v) is 7.95. The Hall–Kier alpha value is 0.0200. The minimum absolute atomic E-state index is 0.419. The van der Waals surface area contributed by atoms with Gasteiger partial charge in [0, 0.05) is 5.70 Å². The van der Waals surface area contributed by atoms with E-state index in [1.54, 1.807) is 0 Å². The quantitative estimate of drug-likeness (QED) is 0.687. The van der Waals surface area contributed by atoms with Crippen LogP contribution in [0.2, 0.25) is 0 Å². The van der Waals surface area contributed by atoms with Crippen LogP contribution in [0.4, 0.5) is 0 Å². The summed E-state index contributed by atoms with van der Waals surface area (Å²) in [6.45, 7) is 2.14. The maximum Gasteiger partial charge on any atom is 0.0537 e. The molecule has 2 N–H and O–H groups in total. The van der Waals surface area contributed by atoms with E-state index in [-0.39, 0.29) is 0 Å². The van der Waals surface area contributed by atoms with Gasteiger partial charge in [0.15, 0.2) is 0 Å². The highest BCUT2D eigenvalue weighted by Crippen LogP contribution is 2.30. The Morgan fingerprint density at radius 1 is 1.70 bits per heavy atom. The van der Waals surface area contributed by atoms with Gasteiger partial charge in [0.25, 0.3) is 0 Å². The van der Waals surface area contributed by atoms with Crippen molar-refractivity contribution in [3.63, 3.8) is 0 Å². The zero-order valence-electron chi connectivity index (χ0n) is 6.36. The third-order valence-electron chi connectivity index (χ3n) is 2.06. The summed E-state index contributed by atoms with van der Waals surface area (Å²) >= 11 is 3.53. The first kappa shape index (κ1) is 8.12. The second-order valence-electron chi connectivity index (χ2n) is 2.79. The molecular formula is C8H14BrN. The number of hydrogen-bond acceptors (Lipinski definition) is 1. The monoisotopic (exact) mass is 203 g/mol. The number of hydrogen-bond donors (Lipinski definition) is 1. The van der Waals surface area contributed by atoms with E-state index in [0.717, 1.165) is 12.1 Å². The summed E-state index contributed by atoms with van der Waals surface area (Å²) in [6.07, 6.45) is 4.89. The molecule has 10 heavy (non-hydrogen) atoms. The van der Waals surface area contributed by atoms with Crippen molar-refractivity contribution in [2.75, 3.05) is 0 Å². The Morgan fingerprint density at radius 2 is 2.30 bits per heavy atom. The smallest absolute Gasteiger partial charge is 0.0537 e. The van der Waals surface area contributed by atoms with Gasteiger partial charge in [-0.15, -0.1) is 0 Å². The Labute approximate surface area is 70.8 Å². The second kappa shape index (κ2) is 3.42. The van der Waals surface area contributed by atoms with Crippen molar-refractivity contribution in [2.45, 2.75) is 37.4 Å². The predicted molar refractivity (Wildman–Crippen MR) is 48.1 cm³/mol. The van der Waals surface area contributed by atoms with Crippen LogP contribution in [-0.2, 0) is 0 Å². The van der Waals surface area contributed by atoms with Crippen LogP contribution >= 0.6 is 15.9 Å². The lowest BCUT2D eigenvalue weighted by Crippen LogP contribution is -2.16. The minimum Gasteiger partial charge on any atom is -0.401 e. The first-order valence-corrected chi connectivity index (χ1v) is 4.78. The van der Waals surface area contributed by atoms with Gasteiger partial charge in [-0.2, -0.15) is 0 Å². The molecule has 0 aromatic rings. The molecule has 1 rings (SSSR count). The first-order valence-electron chi connectivity index (χ1n) is 3.87. The molecule has 0 spiro atoms. The summed E-state index contributed by atoms with van der Waals surface area (Å²) in [4.78, 5) is 0.419. The van der Waals surface area contributed by atoms with Crippen LogP contribution < -0.4 is 5.73 Å². The lowest BCUT2D eigenvalue weighted by molar-refractivity contribution is 0.640. The molecule has 0 aromatic heterocycles. The standard InChI is InChI=1S/C8H14BrN/c1-2-7(9)8(10)6-4-3-5-6/h7H,2-5,10H2,1H3. The van der Waals surface area contributed by atoms with Crippen LogP contribution in [0.5, 0.6) is 0 Å². The van der Waals surface area contributed by atoms with Gasteiger partial charge in [0.05, 0.1) is 4.83 Å². The third kappa shape index (κ3) is 1.54. The fraction of sp³-hybridized carbons (Fsp3) is 0.750. The molecule has 1 aliphatic carbocycles. The molecule has 0 bridgehead atoms. The van der Waals surface area contributed by atoms with Crippen LogP contribution in [0.3, 0.4) is 0 Å². The molecule has 0 heterocycles. The van der Waals surface area contributed by atoms with Gasteiger partial charge in [-0.25, -0.2) is 0 Å². The Kier molecular flexibility index (Phi) is 2.78. The minimum atomic E-state index is 0.419. The number of alkyl halides is 1. The molecule has 58 valence electrons. The van der Waals surface area contributed by atoms with Crippen molar-refractivity contribution in [3.8, 4) is 0 Å². The number of allylic oxidation sites excluding steroid dienone is 2. The van der Waals surface area contributed by atoms with Gasteiger partial charge in [-0.05, 0) is 25.7 Å². The number of nitrogens with two attached hydrogens (primary N) is 1. The van der Waals surface area contributed by atoms with E-state index < -0.39 is 0 Å². The van der Waals surface area contributed by atoms with Crippen molar-refractivity contribution in [2.24, 2.45) is 5.73 Å². The average molecular weight is 204 g/mol. The molecule has 0 amide bonds. The lowest BCUT2D eigenvalue weighted by atomic mass is 9.89. The first-order chi connectivity index (χ1) is 4.75. The Morgan fingerprint density at radius 3 is 2.60 bits per heavy atom. The number of halogens is 1. The third-order valence-corrected chi connectivity index (χ3v) is 3.20. The zero-order chi connectivity index (χ0) is 7.56. The van der Waals surface area contributed by atoms with Crippen LogP contribution in [0.1, 0.15) is 32.6 Å². The molecule has 1 atom stereocenters. The van der Waals surface area contributed by atoms with E-state index >= 15 is 0 Å². The van der Waals surface area contributed by atoms with E-state index in [9.17, 15) is 0 Å². The molecule has 1 nitrogen and oxygen atoms in total. The molecule has 0 aliphatic heterocycles. The van der Waals surface area contributed by atoms with Gasteiger partial charge in [0.1, 0.15) is 0 Å². The highest BCUT2D eigenvalue weighted by Gasteiger charge is 2.15. The van der Waals surface area contributed by atoms with Crippen LogP contribution in [0.25, 0.3) is 0 Å². The molecule has 2 heteroatoms. The van der Waals surface area contributed by atoms with Gasteiger partial charge in [0.2, 0.25) is 0 Å². The van der Waals surface area contributed by atoms with E-state index in [2.05, 4.69) is 22.9 Å². The molecule has 0 saturated heterocycles. The molecular weight excluding hydrogens is 190 g/mol. The van der Waals surface area contributed by atoms with E-state index in [1.807, 2.05) is 0 Å². The molecule has 1 fully saturated rings. The maximum atomic E-state index is 5.87.